The van der Waals surface area contributed by atoms with E-state index in [1.165, 1.54) is 57.8 Å². The second-order valence-electron chi connectivity index (χ2n) is 5.74. The number of rotatable bonds is 9. The molecule has 20 heavy (non-hydrogen) atoms. The molecule has 114 valence electrons. The third kappa shape index (κ3) is 5.35. The van der Waals surface area contributed by atoms with Crippen LogP contribution in [0, 0.1) is 0 Å². The minimum absolute atomic E-state index is 0.353. The van der Waals surface area contributed by atoms with Crippen molar-refractivity contribution in [2.75, 3.05) is 6.61 Å². The Labute approximate surface area is 127 Å². The van der Waals surface area contributed by atoms with E-state index >= 15 is 0 Å². The summed E-state index contributed by atoms with van der Waals surface area (Å²) in [5.41, 5.74) is 0. The molecule has 1 atom stereocenters. The lowest BCUT2D eigenvalue weighted by atomic mass is 10.0. The van der Waals surface area contributed by atoms with Crippen molar-refractivity contribution in [3.63, 3.8) is 0 Å². The molecule has 0 saturated carbocycles. The molecule has 2 rings (SSSR count). The van der Waals surface area contributed by atoms with Crippen LogP contribution >= 0.6 is 11.3 Å². The van der Waals surface area contributed by atoms with Crippen molar-refractivity contribution < 1.29 is 9.47 Å². The van der Waals surface area contributed by atoms with Gasteiger partial charge in [-0.05, 0) is 12.8 Å². The van der Waals surface area contributed by atoms with Crippen LogP contribution in [-0.4, -0.2) is 12.7 Å². The SMILES string of the molecule is CCCCCCCCCCC1CCOc2cscc2O1. The van der Waals surface area contributed by atoms with Gasteiger partial charge in [-0.2, -0.15) is 0 Å². The lowest BCUT2D eigenvalue weighted by Gasteiger charge is -2.15. The highest BCUT2D eigenvalue weighted by atomic mass is 32.1. The first-order valence-corrected chi connectivity index (χ1v) is 9.20. The second-order valence-corrected chi connectivity index (χ2v) is 6.48. The molecular weight excluding hydrogens is 268 g/mol. The summed E-state index contributed by atoms with van der Waals surface area (Å²) in [5.74, 6) is 1.89. The second kappa shape index (κ2) is 9.28. The first-order valence-electron chi connectivity index (χ1n) is 8.25. The fraction of sp³-hybridized carbons (Fsp3) is 0.765. The molecule has 0 radical (unpaired) electrons. The van der Waals surface area contributed by atoms with E-state index in [1.54, 1.807) is 11.3 Å². The maximum absolute atomic E-state index is 6.04. The van der Waals surface area contributed by atoms with Gasteiger partial charge in [-0.1, -0.05) is 51.9 Å². The number of unbranched alkanes of at least 4 members (excludes halogenated alkanes) is 7. The van der Waals surface area contributed by atoms with Gasteiger partial charge in [-0.15, -0.1) is 11.3 Å². The Morgan fingerprint density at radius 1 is 1.00 bits per heavy atom. The van der Waals surface area contributed by atoms with Crippen LogP contribution in [0.1, 0.15) is 71.1 Å². The summed E-state index contributed by atoms with van der Waals surface area (Å²) in [5, 5.41) is 4.09. The van der Waals surface area contributed by atoms with Crippen LogP contribution in [0.25, 0.3) is 0 Å². The molecule has 0 aliphatic carbocycles. The predicted octanol–water partition coefficient (Wildman–Crippen LogP) is 5.81. The van der Waals surface area contributed by atoms with Crippen LogP contribution in [0.3, 0.4) is 0 Å². The predicted molar refractivity (Wildman–Crippen MR) is 86.1 cm³/mol. The highest BCUT2D eigenvalue weighted by Gasteiger charge is 2.18. The third-order valence-electron chi connectivity index (χ3n) is 3.96. The minimum Gasteiger partial charge on any atom is -0.489 e. The molecular formula is C17H28O2S. The van der Waals surface area contributed by atoms with Crippen molar-refractivity contribution in [1.82, 2.24) is 0 Å². The zero-order valence-electron chi connectivity index (χ0n) is 12.7. The zero-order valence-corrected chi connectivity index (χ0v) is 13.6. The molecule has 1 aliphatic rings. The average molecular weight is 296 g/mol. The summed E-state index contributed by atoms with van der Waals surface area (Å²) < 4.78 is 11.7. The van der Waals surface area contributed by atoms with Crippen LogP contribution in [0.15, 0.2) is 10.8 Å². The number of fused-ring (bicyclic) bond motifs is 1. The van der Waals surface area contributed by atoms with E-state index in [-0.39, 0.29) is 0 Å². The van der Waals surface area contributed by atoms with E-state index in [2.05, 4.69) is 12.3 Å². The number of hydrogen-bond donors (Lipinski definition) is 0. The Bertz CT molecular complexity index is 362. The normalized spacial score (nSPS) is 17.9. The molecule has 2 heterocycles. The van der Waals surface area contributed by atoms with Crippen LogP contribution in [-0.2, 0) is 0 Å². The Kier molecular flexibility index (Phi) is 7.27. The maximum Gasteiger partial charge on any atom is 0.172 e. The van der Waals surface area contributed by atoms with Gasteiger partial charge in [0.2, 0.25) is 0 Å². The molecule has 3 heteroatoms. The Balaban J connectivity index is 1.54. The summed E-state index contributed by atoms with van der Waals surface area (Å²) in [7, 11) is 0. The van der Waals surface area contributed by atoms with E-state index in [0.717, 1.165) is 24.5 Å². The van der Waals surface area contributed by atoms with Crippen molar-refractivity contribution in [3.05, 3.63) is 10.8 Å². The summed E-state index contributed by atoms with van der Waals surface area (Å²) >= 11 is 1.66. The standard InChI is InChI=1S/C17H28O2S/c1-2-3-4-5-6-7-8-9-10-15-11-12-18-16-13-20-14-17(16)19-15/h13-15H,2-12H2,1H3. The largest absolute Gasteiger partial charge is 0.489 e. The number of ether oxygens (including phenoxy) is 2. The van der Waals surface area contributed by atoms with Crippen molar-refractivity contribution >= 4 is 11.3 Å². The molecule has 1 aromatic heterocycles. The van der Waals surface area contributed by atoms with Gasteiger partial charge >= 0.3 is 0 Å². The molecule has 0 amide bonds. The van der Waals surface area contributed by atoms with Gasteiger partial charge in [0.25, 0.3) is 0 Å². The van der Waals surface area contributed by atoms with E-state index < -0.39 is 0 Å². The molecule has 0 bridgehead atoms. The first kappa shape index (κ1) is 15.7. The Morgan fingerprint density at radius 2 is 1.70 bits per heavy atom. The fourth-order valence-corrected chi connectivity index (χ4v) is 3.38. The highest BCUT2D eigenvalue weighted by Crippen LogP contribution is 2.35. The Hall–Kier alpha value is -0.700. The quantitative estimate of drug-likeness (QED) is 0.535. The van der Waals surface area contributed by atoms with Crippen LogP contribution in [0.5, 0.6) is 11.5 Å². The fourth-order valence-electron chi connectivity index (χ4n) is 2.71. The molecule has 1 aliphatic heterocycles. The minimum atomic E-state index is 0.353. The molecule has 0 spiro atoms. The van der Waals surface area contributed by atoms with E-state index in [0.29, 0.717) is 6.10 Å². The number of hydrogen-bond acceptors (Lipinski definition) is 3. The summed E-state index contributed by atoms with van der Waals surface area (Å²) in [4.78, 5) is 0. The smallest absolute Gasteiger partial charge is 0.172 e. The molecule has 2 nitrogen and oxygen atoms in total. The lowest BCUT2D eigenvalue weighted by Crippen LogP contribution is -2.16. The van der Waals surface area contributed by atoms with Crippen molar-refractivity contribution in [1.29, 1.82) is 0 Å². The first-order chi connectivity index (χ1) is 9.90. The summed E-state index contributed by atoms with van der Waals surface area (Å²) in [6.45, 7) is 3.07. The van der Waals surface area contributed by atoms with Gasteiger partial charge in [-0.25, -0.2) is 0 Å². The van der Waals surface area contributed by atoms with Gasteiger partial charge in [0.1, 0.15) is 6.10 Å². The molecule has 1 aromatic rings. The van der Waals surface area contributed by atoms with Gasteiger partial charge in [0, 0.05) is 17.2 Å². The number of thiophene rings is 1. The van der Waals surface area contributed by atoms with Gasteiger partial charge in [0.15, 0.2) is 11.5 Å². The van der Waals surface area contributed by atoms with Crippen LogP contribution < -0.4 is 9.47 Å². The van der Waals surface area contributed by atoms with Crippen molar-refractivity contribution in [2.45, 2.75) is 77.2 Å². The topological polar surface area (TPSA) is 18.5 Å². The molecule has 0 fully saturated rings. The Morgan fingerprint density at radius 3 is 2.50 bits per heavy atom. The lowest BCUT2D eigenvalue weighted by molar-refractivity contribution is 0.177. The molecule has 0 saturated heterocycles. The van der Waals surface area contributed by atoms with Crippen molar-refractivity contribution in [3.8, 4) is 11.5 Å². The average Bonchev–Trinajstić information content (AvgIpc) is 2.80. The van der Waals surface area contributed by atoms with E-state index in [4.69, 9.17) is 9.47 Å². The van der Waals surface area contributed by atoms with Crippen molar-refractivity contribution in [2.24, 2.45) is 0 Å². The van der Waals surface area contributed by atoms with E-state index in [9.17, 15) is 0 Å². The molecule has 0 aromatic carbocycles. The summed E-state index contributed by atoms with van der Waals surface area (Å²) in [6, 6.07) is 0. The van der Waals surface area contributed by atoms with Crippen LogP contribution in [0.4, 0.5) is 0 Å². The zero-order chi connectivity index (χ0) is 14.0. The van der Waals surface area contributed by atoms with Gasteiger partial charge in [-0.3, -0.25) is 0 Å². The van der Waals surface area contributed by atoms with E-state index in [1.807, 2.05) is 5.38 Å². The highest BCUT2D eigenvalue weighted by molar-refractivity contribution is 7.08. The van der Waals surface area contributed by atoms with Crippen LogP contribution in [0.2, 0.25) is 0 Å². The third-order valence-corrected chi connectivity index (χ3v) is 4.66. The monoisotopic (exact) mass is 296 g/mol. The maximum atomic E-state index is 6.04. The summed E-state index contributed by atoms with van der Waals surface area (Å²) in [6.07, 6.45) is 13.6. The van der Waals surface area contributed by atoms with Gasteiger partial charge in [0.05, 0.1) is 6.61 Å². The molecule has 0 N–H and O–H groups in total. The van der Waals surface area contributed by atoms with Gasteiger partial charge < -0.3 is 9.47 Å². The molecule has 1 unspecified atom stereocenters.